The van der Waals surface area contributed by atoms with Gasteiger partial charge in [0.2, 0.25) is 11.9 Å². The molecule has 1 amide bonds. The maximum absolute atomic E-state index is 11.4. The highest BCUT2D eigenvalue weighted by Gasteiger charge is 2.27. The van der Waals surface area contributed by atoms with E-state index in [2.05, 4.69) is 20.6 Å². The smallest absolute Gasteiger partial charge is 0.229 e. The lowest BCUT2D eigenvalue weighted by molar-refractivity contribution is -0.116. The van der Waals surface area contributed by atoms with E-state index in [1.54, 1.807) is 18.9 Å². The van der Waals surface area contributed by atoms with Crippen LogP contribution >= 0.6 is 0 Å². The standard InChI is InChI=1S/C18H21N5O2/c1-11(24)23(2)14-7-5-13(6-8-14)20-18-21-15-9-10-25-16(15)17(22-18)19-12-3-4-12/h5-8,12H,3-4,9-10H2,1-2H3,(H2,19,20,21,22). The molecule has 1 aromatic heterocycles. The first kappa shape index (κ1) is 15.7. The van der Waals surface area contributed by atoms with Gasteiger partial charge in [-0.25, -0.2) is 4.98 Å². The number of aromatic nitrogens is 2. The second-order valence-corrected chi connectivity index (χ2v) is 6.44. The molecule has 1 fully saturated rings. The number of hydrogen-bond donors (Lipinski definition) is 2. The van der Waals surface area contributed by atoms with Crippen LogP contribution in [-0.2, 0) is 11.2 Å². The zero-order valence-corrected chi connectivity index (χ0v) is 14.4. The van der Waals surface area contributed by atoms with Crippen LogP contribution in [0.2, 0.25) is 0 Å². The second-order valence-electron chi connectivity index (χ2n) is 6.44. The summed E-state index contributed by atoms with van der Waals surface area (Å²) >= 11 is 0. The molecule has 0 bridgehead atoms. The third kappa shape index (κ3) is 3.35. The first-order valence-corrected chi connectivity index (χ1v) is 8.52. The first-order valence-electron chi connectivity index (χ1n) is 8.52. The van der Waals surface area contributed by atoms with Crippen LogP contribution in [0, 0.1) is 0 Å². The third-order valence-electron chi connectivity index (χ3n) is 4.42. The van der Waals surface area contributed by atoms with E-state index in [9.17, 15) is 4.79 Å². The van der Waals surface area contributed by atoms with Gasteiger partial charge >= 0.3 is 0 Å². The van der Waals surface area contributed by atoms with E-state index in [0.29, 0.717) is 18.6 Å². The molecule has 1 aliphatic heterocycles. The van der Waals surface area contributed by atoms with Crippen LogP contribution in [0.1, 0.15) is 25.5 Å². The van der Waals surface area contributed by atoms with E-state index in [0.717, 1.165) is 35.1 Å². The van der Waals surface area contributed by atoms with E-state index in [1.807, 2.05) is 24.3 Å². The number of nitrogens with one attached hydrogen (secondary N) is 2. The van der Waals surface area contributed by atoms with Gasteiger partial charge in [0.25, 0.3) is 0 Å². The molecule has 2 aromatic rings. The van der Waals surface area contributed by atoms with E-state index in [-0.39, 0.29) is 5.91 Å². The summed E-state index contributed by atoms with van der Waals surface area (Å²) < 4.78 is 5.68. The Kier molecular flexibility index (Phi) is 3.91. The van der Waals surface area contributed by atoms with E-state index in [1.165, 1.54) is 12.8 Å². The lowest BCUT2D eigenvalue weighted by atomic mass is 10.2. The van der Waals surface area contributed by atoms with Crippen molar-refractivity contribution in [2.45, 2.75) is 32.2 Å². The number of benzene rings is 1. The molecule has 1 aliphatic carbocycles. The van der Waals surface area contributed by atoms with Gasteiger partial charge in [0.15, 0.2) is 11.6 Å². The van der Waals surface area contributed by atoms with Crippen molar-refractivity contribution in [2.24, 2.45) is 0 Å². The fourth-order valence-corrected chi connectivity index (χ4v) is 2.72. The van der Waals surface area contributed by atoms with Gasteiger partial charge in [-0.15, -0.1) is 0 Å². The molecule has 0 saturated heterocycles. The molecule has 7 nitrogen and oxygen atoms in total. The molecule has 2 N–H and O–H groups in total. The first-order chi connectivity index (χ1) is 12.1. The average molecular weight is 339 g/mol. The summed E-state index contributed by atoms with van der Waals surface area (Å²) in [5.41, 5.74) is 2.66. The van der Waals surface area contributed by atoms with Gasteiger partial charge in [-0.3, -0.25) is 4.79 Å². The third-order valence-corrected chi connectivity index (χ3v) is 4.42. The minimum Gasteiger partial charge on any atom is -0.487 e. The highest BCUT2D eigenvalue weighted by Crippen LogP contribution is 2.35. The van der Waals surface area contributed by atoms with Gasteiger partial charge in [-0.2, -0.15) is 4.98 Å². The van der Waals surface area contributed by atoms with Crippen LogP contribution in [0.25, 0.3) is 0 Å². The molecule has 0 spiro atoms. The van der Waals surface area contributed by atoms with Crippen molar-refractivity contribution >= 4 is 29.0 Å². The molecule has 0 atom stereocenters. The highest BCUT2D eigenvalue weighted by atomic mass is 16.5. The largest absolute Gasteiger partial charge is 0.487 e. The molecule has 25 heavy (non-hydrogen) atoms. The van der Waals surface area contributed by atoms with Gasteiger partial charge in [0.1, 0.15) is 0 Å². The number of ether oxygens (including phenoxy) is 1. The van der Waals surface area contributed by atoms with Gasteiger partial charge < -0.3 is 20.3 Å². The Bertz CT molecular complexity index is 802. The van der Waals surface area contributed by atoms with Crippen LogP contribution in [0.4, 0.5) is 23.1 Å². The number of nitrogens with zero attached hydrogens (tertiary/aromatic N) is 3. The Morgan fingerprint density at radius 1 is 1.24 bits per heavy atom. The monoisotopic (exact) mass is 339 g/mol. The molecule has 7 heteroatoms. The molecule has 2 heterocycles. The lowest BCUT2D eigenvalue weighted by Gasteiger charge is -2.16. The van der Waals surface area contributed by atoms with Crippen LogP contribution in [0.3, 0.4) is 0 Å². The maximum Gasteiger partial charge on any atom is 0.229 e. The number of amides is 1. The molecular formula is C18H21N5O2. The van der Waals surface area contributed by atoms with Gasteiger partial charge in [-0.05, 0) is 37.1 Å². The van der Waals surface area contributed by atoms with Crippen LogP contribution in [0.5, 0.6) is 5.75 Å². The van der Waals surface area contributed by atoms with Crippen molar-refractivity contribution < 1.29 is 9.53 Å². The molecule has 1 saturated carbocycles. The van der Waals surface area contributed by atoms with Crippen molar-refractivity contribution in [3.8, 4) is 5.75 Å². The lowest BCUT2D eigenvalue weighted by Crippen LogP contribution is -2.22. The molecule has 0 radical (unpaired) electrons. The Balaban J connectivity index is 1.55. The van der Waals surface area contributed by atoms with Crippen LogP contribution in [-0.4, -0.2) is 35.6 Å². The number of carbonyl (C=O) groups excluding carboxylic acids is 1. The van der Waals surface area contributed by atoms with Crippen molar-refractivity contribution in [1.29, 1.82) is 0 Å². The molecule has 4 rings (SSSR count). The summed E-state index contributed by atoms with van der Waals surface area (Å²) in [6, 6.07) is 8.11. The van der Waals surface area contributed by atoms with Crippen LogP contribution in [0.15, 0.2) is 24.3 Å². The SMILES string of the molecule is CC(=O)N(C)c1ccc(Nc2nc3c(c(NC4CC4)n2)OCC3)cc1. The summed E-state index contributed by atoms with van der Waals surface area (Å²) in [7, 11) is 1.75. The summed E-state index contributed by atoms with van der Waals surface area (Å²) in [6.07, 6.45) is 3.15. The number of carbonyl (C=O) groups is 1. The summed E-state index contributed by atoms with van der Waals surface area (Å²) in [5, 5.41) is 6.66. The normalized spacial score (nSPS) is 15.3. The predicted molar refractivity (Wildman–Crippen MR) is 96.7 cm³/mol. The van der Waals surface area contributed by atoms with Crippen molar-refractivity contribution in [1.82, 2.24) is 9.97 Å². The zero-order valence-electron chi connectivity index (χ0n) is 14.4. The van der Waals surface area contributed by atoms with Crippen LogP contribution < -0.4 is 20.3 Å². The molecule has 2 aliphatic rings. The minimum absolute atomic E-state index is 0.00143. The van der Waals surface area contributed by atoms with E-state index < -0.39 is 0 Å². The summed E-state index contributed by atoms with van der Waals surface area (Å²) in [6.45, 7) is 2.19. The molecular weight excluding hydrogens is 318 g/mol. The summed E-state index contributed by atoms with van der Waals surface area (Å²) in [4.78, 5) is 22.2. The van der Waals surface area contributed by atoms with Crippen molar-refractivity contribution in [3.05, 3.63) is 30.0 Å². The van der Waals surface area contributed by atoms with Crippen molar-refractivity contribution in [3.63, 3.8) is 0 Å². The highest BCUT2D eigenvalue weighted by molar-refractivity contribution is 5.91. The molecule has 1 aromatic carbocycles. The summed E-state index contributed by atoms with van der Waals surface area (Å²) in [5.74, 6) is 2.12. The Morgan fingerprint density at radius 3 is 2.68 bits per heavy atom. The quantitative estimate of drug-likeness (QED) is 0.872. The van der Waals surface area contributed by atoms with Crippen molar-refractivity contribution in [2.75, 3.05) is 29.2 Å². The second kappa shape index (κ2) is 6.23. The fraction of sp³-hybridized carbons (Fsp3) is 0.389. The predicted octanol–water partition coefficient (Wildman–Crippen LogP) is 2.71. The minimum atomic E-state index is -0.00143. The maximum atomic E-state index is 11.4. The van der Waals surface area contributed by atoms with E-state index >= 15 is 0 Å². The van der Waals surface area contributed by atoms with Gasteiger partial charge in [-0.1, -0.05) is 0 Å². The molecule has 130 valence electrons. The fourth-order valence-electron chi connectivity index (χ4n) is 2.72. The topological polar surface area (TPSA) is 79.4 Å². The van der Waals surface area contributed by atoms with Gasteiger partial charge in [0.05, 0.1) is 12.3 Å². The number of anilines is 4. The number of hydrogen-bond acceptors (Lipinski definition) is 6. The zero-order chi connectivity index (χ0) is 17.4. The Hall–Kier alpha value is -2.83. The number of fused-ring (bicyclic) bond motifs is 1. The Morgan fingerprint density at radius 2 is 2.00 bits per heavy atom. The number of rotatable bonds is 5. The molecule has 0 unspecified atom stereocenters. The average Bonchev–Trinajstić information content (AvgIpc) is 3.28. The Labute approximate surface area is 146 Å². The van der Waals surface area contributed by atoms with Gasteiger partial charge in [0, 0.05) is 37.8 Å². The van der Waals surface area contributed by atoms with E-state index in [4.69, 9.17) is 4.74 Å².